The fraction of sp³-hybridized carbons (Fsp3) is 0.192. The summed E-state index contributed by atoms with van der Waals surface area (Å²) >= 11 is 0. The Kier molecular flexibility index (Phi) is 7.91. The number of carbonyl (C=O) groups is 3. The SMILES string of the molecule is CC(=O)N[C@H](Cc1ccc(F)cc1)C(=O)N[C@@H](C(=O)O)C(c1ccccc1)c1ccccc1. The van der Waals surface area contributed by atoms with Crippen molar-refractivity contribution in [2.24, 2.45) is 0 Å². The smallest absolute Gasteiger partial charge is 0.327 e. The Hall–Kier alpha value is -4.00. The van der Waals surface area contributed by atoms with Crippen molar-refractivity contribution >= 4 is 17.8 Å². The van der Waals surface area contributed by atoms with Crippen LogP contribution in [0.15, 0.2) is 84.9 Å². The molecule has 0 radical (unpaired) electrons. The molecule has 0 unspecified atom stereocenters. The van der Waals surface area contributed by atoms with Crippen LogP contribution in [0.2, 0.25) is 0 Å². The van der Waals surface area contributed by atoms with Crippen molar-refractivity contribution in [2.45, 2.75) is 31.3 Å². The van der Waals surface area contributed by atoms with Crippen molar-refractivity contribution in [3.05, 3.63) is 107 Å². The molecule has 3 N–H and O–H groups in total. The van der Waals surface area contributed by atoms with E-state index in [1.54, 1.807) is 24.3 Å². The van der Waals surface area contributed by atoms with Crippen LogP contribution >= 0.6 is 0 Å². The van der Waals surface area contributed by atoms with E-state index < -0.39 is 41.6 Å². The first kappa shape index (κ1) is 23.7. The van der Waals surface area contributed by atoms with Crippen molar-refractivity contribution in [1.29, 1.82) is 0 Å². The molecule has 0 aromatic heterocycles. The van der Waals surface area contributed by atoms with Gasteiger partial charge >= 0.3 is 5.97 Å². The molecule has 3 rings (SSSR count). The third-order valence-electron chi connectivity index (χ3n) is 5.26. The molecule has 0 aliphatic carbocycles. The Morgan fingerprint density at radius 3 is 1.79 bits per heavy atom. The summed E-state index contributed by atoms with van der Waals surface area (Å²) in [4.78, 5) is 37.2. The number of benzene rings is 3. The number of carbonyl (C=O) groups excluding carboxylic acids is 2. The minimum absolute atomic E-state index is 0.0827. The van der Waals surface area contributed by atoms with E-state index in [1.807, 2.05) is 36.4 Å². The molecule has 6 nitrogen and oxygen atoms in total. The molecule has 0 heterocycles. The Balaban J connectivity index is 1.91. The molecule has 0 aliphatic heterocycles. The molecule has 0 saturated carbocycles. The fourth-order valence-electron chi connectivity index (χ4n) is 3.75. The zero-order valence-electron chi connectivity index (χ0n) is 18.1. The number of rotatable bonds is 9. The van der Waals surface area contributed by atoms with E-state index >= 15 is 0 Å². The lowest BCUT2D eigenvalue weighted by molar-refractivity contribution is -0.142. The number of carboxylic acid groups (broad SMARTS) is 1. The molecule has 2 atom stereocenters. The fourth-order valence-corrected chi connectivity index (χ4v) is 3.75. The third-order valence-corrected chi connectivity index (χ3v) is 5.26. The van der Waals surface area contributed by atoms with Gasteiger partial charge in [0, 0.05) is 19.3 Å². The van der Waals surface area contributed by atoms with E-state index in [-0.39, 0.29) is 6.42 Å². The van der Waals surface area contributed by atoms with Gasteiger partial charge in [-0.3, -0.25) is 9.59 Å². The molecule has 0 bridgehead atoms. The highest BCUT2D eigenvalue weighted by Crippen LogP contribution is 2.28. The van der Waals surface area contributed by atoms with Gasteiger partial charge in [0.25, 0.3) is 0 Å². The maximum atomic E-state index is 13.3. The predicted octanol–water partition coefficient (Wildman–Crippen LogP) is 3.27. The zero-order chi connectivity index (χ0) is 23.8. The summed E-state index contributed by atoms with van der Waals surface area (Å²) in [5.41, 5.74) is 2.08. The number of amides is 2. The summed E-state index contributed by atoms with van der Waals surface area (Å²) in [6.45, 7) is 1.27. The van der Waals surface area contributed by atoms with Gasteiger partial charge in [-0.15, -0.1) is 0 Å². The summed E-state index contributed by atoms with van der Waals surface area (Å²) in [6, 6.07) is 21.4. The molecular formula is C26H25FN2O4. The van der Waals surface area contributed by atoms with Gasteiger partial charge in [0.2, 0.25) is 11.8 Å². The molecule has 0 spiro atoms. The first-order valence-corrected chi connectivity index (χ1v) is 10.5. The molecule has 2 amide bonds. The molecular weight excluding hydrogens is 423 g/mol. The normalized spacial score (nSPS) is 12.6. The monoisotopic (exact) mass is 448 g/mol. The van der Waals surface area contributed by atoms with Crippen LogP contribution in [0.4, 0.5) is 4.39 Å². The third kappa shape index (κ3) is 6.49. The van der Waals surface area contributed by atoms with E-state index in [4.69, 9.17) is 0 Å². The quantitative estimate of drug-likeness (QED) is 0.468. The van der Waals surface area contributed by atoms with Gasteiger partial charge in [0.1, 0.15) is 17.9 Å². The van der Waals surface area contributed by atoms with Crippen molar-refractivity contribution in [2.75, 3.05) is 0 Å². The summed E-state index contributed by atoms with van der Waals surface area (Å²) in [5.74, 6) is -3.36. The highest BCUT2D eigenvalue weighted by Gasteiger charge is 2.34. The standard InChI is InChI=1S/C26H25FN2O4/c1-17(30)28-22(16-18-12-14-21(27)15-13-18)25(31)29-24(26(32)33)23(19-8-4-2-5-9-19)20-10-6-3-7-11-20/h2-15,22-24H,16H2,1H3,(H,28,30)(H,29,31)(H,32,33)/t22-,24-/m1/s1. The molecule has 0 aliphatic rings. The number of nitrogens with one attached hydrogen (secondary N) is 2. The Bertz CT molecular complexity index is 1050. The summed E-state index contributed by atoms with van der Waals surface area (Å²) in [6.07, 6.45) is 0.0827. The lowest BCUT2D eigenvalue weighted by Gasteiger charge is -2.28. The van der Waals surface area contributed by atoms with E-state index in [1.165, 1.54) is 31.2 Å². The van der Waals surface area contributed by atoms with Crippen LogP contribution in [0.25, 0.3) is 0 Å². The number of halogens is 1. The second-order valence-corrected chi connectivity index (χ2v) is 7.71. The largest absolute Gasteiger partial charge is 0.480 e. The van der Waals surface area contributed by atoms with Gasteiger partial charge < -0.3 is 15.7 Å². The van der Waals surface area contributed by atoms with E-state index in [0.29, 0.717) is 5.56 Å². The minimum atomic E-state index is -1.29. The van der Waals surface area contributed by atoms with Crippen molar-refractivity contribution < 1.29 is 23.9 Å². The predicted molar refractivity (Wildman–Crippen MR) is 122 cm³/mol. The summed E-state index contributed by atoms with van der Waals surface area (Å²) < 4.78 is 13.3. The number of aliphatic carboxylic acids is 1. The van der Waals surface area contributed by atoms with Crippen LogP contribution in [0.5, 0.6) is 0 Å². The van der Waals surface area contributed by atoms with Crippen molar-refractivity contribution in [3.8, 4) is 0 Å². The van der Waals surface area contributed by atoms with Crippen LogP contribution in [0.1, 0.15) is 29.5 Å². The summed E-state index contributed by atoms with van der Waals surface area (Å²) in [5, 5.41) is 15.2. The van der Waals surface area contributed by atoms with Gasteiger partial charge in [-0.2, -0.15) is 0 Å². The first-order chi connectivity index (χ1) is 15.8. The molecule has 170 valence electrons. The Morgan fingerprint density at radius 2 is 1.33 bits per heavy atom. The highest BCUT2D eigenvalue weighted by atomic mass is 19.1. The average molecular weight is 448 g/mol. The Morgan fingerprint density at radius 1 is 0.818 bits per heavy atom. The van der Waals surface area contributed by atoms with Crippen LogP contribution in [0, 0.1) is 5.82 Å². The molecule has 3 aromatic carbocycles. The molecule has 0 fully saturated rings. The summed E-state index contributed by atoms with van der Waals surface area (Å²) in [7, 11) is 0. The van der Waals surface area contributed by atoms with E-state index in [0.717, 1.165) is 11.1 Å². The van der Waals surface area contributed by atoms with Crippen LogP contribution in [-0.4, -0.2) is 35.0 Å². The minimum Gasteiger partial charge on any atom is -0.480 e. The lowest BCUT2D eigenvalue weighted by Crippen LogP contribution is -2.54. The van der Waals surface area contributed by atoms with E-state index in [9.17, 15) is 23.9 Å². The lowest BCUT2D eigenvalue weighted by atomic mass is 9.84. The van der Waals surface area contributed by atoms with Gasteiger partial charge in [0.05, 0.1) is 0 Å². The van der Waals surface area contributed by atoms with Gasteiger partial charge in [-0.1, -0.05) is 72.8 Å². The van der Waals surface area contributed by atoms with Gasteiger partial charge in [-0.05, 0) is 28.8 Å². The number of hydrogen-bond acceptors (Lipinski definition) is 3. The second-order valence-electron chi connectivity index (χ2n) is 7.71. The molecule has 33 heavy (non-hydrogen) atoms. The Labute approximate surface area is 191 Å². The number of hydrogen-bond donors (Lipinski definition) is 3. The first-order valence-electron chi connectivity index (χ1n) is 10.5. The highest BCUT2D eigenvalue weighted by molar-refractivity contribution is 5.90. The maximum Gasteiger partial charge on any atom is 0.327 e. The van der Waals surface area contributed by atoms with Crippen LogP contribution in [-0.2, 0) is 20.8 Å². The van der Waals surface area contributed by atoms with Crippen LogP contribution < -0.4 is 10.6 Å². The van der Waals surface area contributed by atoms with Crippen LogP contribution in [0.3, 0.4) is 0 Å². The molecule has 7 heteroatoms. The maximum absolute atomic E-state index is 13.3. The van der Waals surface area contributed by atoms with E-state index in [2.05, 4.69) is 10.6 Å². The average Bonchev–Trinajstić information content (AvgIpc) is 2.80. The van der Waals surface area contributed by atoms with Crippen molar-refractivity contribution in [3.63, 3.8) is 0 Å². The molecule has 0 saturated heterocycles. The topological polar surface area (TPSA) is 95.5 Å². The van der Waals surface area contributed by atoms with Gasteiger partial charge in [0.15, 0.2) is 0 Å². The van der Waals surface area contributed by atoms with Gasteiger partial charge in [-0.25, -0.2) is 9.18 Å². The zero-order valence-corrected chi connectivity index (χ0v) is 18.1. The van der Waals surface area contributed by atoms with Crippen molar-refractivity contribution in [1.82, 2.24) is 10.6 Å². The molecule has 3 aromatic rings. The second kappa shape index (κ2) is 11.0. The number of carboxylic acids is 1.